The summed E-state index contributed by atoms with van der Waals surface area (Å²) in [7, 11) is 1.88. The Hall–Kier alpha value is -1.07. The Kier molecular flexibility index (Phi) is 4.70. The summed E-state index contributed by atoms with van der Waals surface area (Å²) in [5.41, 5.74) is 6.70. The number of nitrogens with zero attached hydrogens (tertiary/aromatic N) is 2. The van der Waals surface area contributed by atoms with Crippen molar-refractivity contribution in [3.8, 4) is 0 Å². The molecule has 1 unspecified atom stereocenters. The first-order chi connectivity index (χ1) is 9.45. The lowest BCUT2D eigenvalue weighted by Gasteiger charge is -2.19. The maximum absolute atomic E-state index is 6.30. The van der Waals surface area contributed by atoms with Crippen molar-refractivity contribution in [3.05, 3.63) is 50.8 Å². The molecule has 1 aromatic heterocycles. The molecule has 0 saturated carbocycles. The van der Waals surface area contributed by atoms with E-state index in [2.05, 4.69) is 10.5 Å². The van der Waals surface area contributed by atoms with Gasteiger partial charge >= 0.3 is 0 Å². The maximum atomic E-state index is 6.30. The van der Waals surface area contributed by atoms with Gasteiger partial charge in [-0.1, -0.05) is 35.3 Å². The molecule has 0 aliphatic rings. The van der Waals surface area contributed by atoms with E-state index in [1.807, 2.05) is 39.1 Å². The van der Waals surface area contributed by atoms with Crippen LogP contribution in [0.5, 0.6) is 0 Å². The summed E-state index contributed by atoms with van der Waals surface area (Å²) < 4.78 is 1.79. The van der Waals surface area contributed by atoms with Crippen LogP contribution in [-0.2, 0) is 13.5 Å². The highest BCUT2D eigenvalue weighted by Gasteiger charge is 2.19. The SMILES string of the molecule is Cc1nn(C)c(CC(NN)c2cccc(Cl)c2C)c1Cl. The van der Waals surface area contributed by atoms with Gasteiger partial charge in [-0.15, -0.1) is 0 Å². The van der Waals surface area contributed by atoms with Crippen LogP contribution in [0.3, 0.4) is 0 Å². The molecule has 0 amide bonds. The van der Waals surface area contributed by atoms with Crippen molar-refractivity contribution in [3.63, 3.8) is 0 Å². The van der Waals surface area contributed by atoms with E-state index in [-0.39, 0.29) is 6.04 Å². The van der Waals surface area contributed by atoms with Gasteiger partial charge in [0.25, 0.3) is 0 Å². The third kappa shape index (κ3) is 2.83. The molecular weight excluding hydrogens is 295 g/mol. The molecule has 108 valence electrons. The fourth-order valence-electron chi connectivity index (χ4n) is 2.36. The highest BCUT2D eigenvalue weighted by Crippen LogP contribution is 2.29. The smallest absolute Gasteiger partial charge is 0.0847 e. The summed E-state index contributed by atoms with van der Waals surface area (Å²) in [5.74, 6) is 5.71. The Morgan fingerprint density at radius 3 is 2.60 bits per heavy atom. The van der Waals surface area contributed by atoms with Gasteiger partial charge in [-0.2, -0.15) is 5.10 Å². The summed E-state index contributed by atoms with van der Waals surface area (Å²) in [6.07, 6.45) is 0.647. The fraction of sp³-hybridized carbons (Fsp3) is 0.357. The topological polar surface area (TPSA) is 55.9 Å². The van der Waals surface area contributed by atoms with Crippen LogP contribution >= 0.6 is 23.2 Å². The minimum absolute atomic E-state index is 0.0685. The highest BCUT2D eigenvalue weighted by atomic mass is 35.5. The molecule has 1 aromatic carbocycles. The quantitative estimate of drug-likeness (QED) is 0.674. The van der Waals surface area contributed by atoms with E-state index >= 15 is 0 Å². The van der Waals surface area contributed by atoms with Crippen LogP contribution in [0.15, 0.2) is 18.2 Å². The van der Waals surface area contributed by atoms with Crippen LogP contribution in [0.2, 0.25) is 10.0 Å². The molecule has 1 atom stereocenters. The standard InChI is InChI=1S/C14H18Cl2N4/c1-8-10(5-4-6-11(8)15)12(18-17)7-13-14(16)9(2)19-20(13)3/h4-6,12,18H,7,17H2,1-3H3. The van der Waals surface area contributed by atoms with Gasteiger partial charge in [-0.3, -0.25) is 16.0 Å². The van der Waals surface area contributed by atoms with Gasteiger partial charge in [-0.05, 0) is 31.0 Å². The number of hydrazine groups is 1. The molecule has 20 heavy (non-hydrogen) atoms. The predicted molar refractivity (Wildman–Crippen MR) is 82.9 cm³/mol. The first-order valence-corrected chi connectivity index (χ1v) is 7.10. The molecule has 0 fully saturated rings. The number of aryl methyl sites for hydroxylation is 2. The summed E-state index contributed by atoms with van der Waals surface area (Å²) in [6, 6.07) is 5.74. The van der Waals surface area contributed by atoms with Gasteiger partial charge in [0.15, 0.2) is 0 Å². The molecule has 4 nitrogen and oxygen atoms in total. The zero-order valence-corrected chi connectivity index (χ0v) is 13.3. The van der Waals surface area contributed by atoms with Crippen LogP contribution in [0, 0.1) is 13.8 Å². The van der Waals surface area contributed by atoms with Crippen LogP contribution in [0.4, 0.5) is 0 Å². The van der Waals surface area contributed by atoms with Gasteiger partial charge in [0, 0.05) is 18.5 Å². The van der Waals surface area contributed by atoms with Crippen LogP contribution in [0.1, 0.15) is 28.6 Å². The molecule has 0 spiro atoms. The molecule has 1 heterocycles. The van der Waals surface area contributed by atoms with Crippen molar-refractivity contribution < 1.29 is 0 Å². The van der Waals surface area contributed by atoms with Gasteiger partial charge < -0.3 is 0 Å². The van der Waals surface area contributed by atoms with E-state index in [0.29, 0.717) is 11.4 Å². The second-order valence-electron chi connectivity index (χ2n) is 4.85. The second-order valence-corrected chi connectivity index (χ2v) is 5.63. The number of nitrogens with one attached hydrogen (secondary N) is 1. The summed E-state index contributed by atoms with van der Waals surface area (Å²) in [5, 5.41) is 5.74. The van der Waals surface area contributed by atoms with Crippen molar-refractivity contribution in [1.29, 1.82) is 0 Å². The van der Waals surface area contributed by atoms with Gasteiger partial charge in [0.2, 0.25) is 0 Å². The molecule has 0 aliphatic heterocycles. The average Bonchev–Trinajstić information content (AvgIpc) is 2.65. The number of benzene rings is 1. The normalized spacial score (nSPS) is 12.7. The third-order valence-corrected chi connectivity index (χ3v) is 4.45. The number of hydrogen-bond donors (Lipinski definition) is 2. The van der Waals surface area contributed by atoms with E-state index in [1.165, 1.54) is 0 Å². The molecule has 0 bridgehead atoms. The number of aromatic nitrogens is 2. The minimum Gasteiger partial charge on any atom is -0.271 e. The Balaban J connectivity index is 2.36. The minimum atomic E-state index is -0.0685. The van der Waals surface area contributed by atoms with Crippen LogP contribution in [0.25, 0.3) is 0 Å². The predicted octanol–water partition coefficient (Wildman–Crippen LogP) is 3.09. The van der Waals surface area contributed by atoms with E-state index in [0.717, 1.165) is 27.5 Å². The highest BCUT2D eigenvalue weighted by molar-refractivity contribution is 6.32. The Bertz CT molecular complexity index is 622. The fourth-order valence-corrected chi connectivity index (χ4v) is 2.77. The number of rotatable bonds is 4. The van der Waals surface area contributed by atoms with Crippen LogP contribution in [-0.4, -0.2) is 9.78 Å². The first kappa shape index (κ1) is 15.3. The largest absolute Gasteiger partial charge is 0.271 e. The van der Waals surface area contributed by atoms with Crippen LogP contribution < -0.4 is 11.3 Å². The molecule has 3 N–H and O–H groups in total. The molecule has 0 saturated heterocycles. The van der Waals surface area contributed by atoms with Crippen molar-refractivity contribution in [1.82, 2.24) is 15.2 Å². The number of halogens is 2. The van der Waals surface area contributed by atoms with E-state index < -0.39 is 0 Å². The summed E-state index contributed by atoms with van der Waals surface area (Å²) in [4.78, 5) is 0. The number of hydrogen-bond acceptors (Lipinski definition) is 3. The second kappa shape index (κ2) is 6.14. The Morgan fingerprint density at radius 2 is 2.05 bits per heavy atom. The molecule has 0 radical (unpaired) electrons. The van der Waals surface area contributed by atoms with Gasteiger partial charge in [-0.25, -0.2) is 0 Å². The Morgan fingerprint density at radius 1 is 1.35 bits per heavy atom. The lowest BCUT2D eigenvalue weighted by atomic mass is 9.98. The first-order valence-electron chi connectivity index (χ1n) is 6.34. The third-order valence-electron chi connectivity index (χ3n) is 3.55. The molecular formula is C14H18Cl2N4. The molecule has 2 rings (SSSR count). The lowest BCUT2D eigenvalue weighted by molar-refractivity contribution is 0.528. The van der Waals surface area contributed by atoms with Crippen molar-refractivity contribution >= 4 is 23.2 Å². The monoisotopic (exact) mass is 312 g/mol. The van der Waals surface area contributed by atoms with E-state index in [1.54, 1.807) is 4.68 Å². The van der Waals surface area contributed by atoms with Gasteiger partial charge in [0.1, 0.15) is 0 Å². The number of nitrogens with two attached hydrogens (primary N) is 1. The molecule has 2 aromatic rings. The van der Waals surface area contributed by atoms with Gasteiger partial charge in [0.05, 0.1) is 22.5 Å². The zero-order valence-electron chi connectivity index (χ0n) is 11.7. The van der Waals surface area contributed by atoms with E-state index in [4.69, 9.17) is 29.0 Å². The van der Waals surface area contributed by atoms with E-state index in [9.17, 15) is 0 Å². The van der Waals surface area contributed by atoms with Crippen molar-refractivity contribution in [2.24, 2.45) is 12.9 Å². The zero-order chi connectivity index (χ0) is 14.9. The molecule has 0 aliphatic carbocycles. The van der Waals surface area contributed by atoms with Crippen molar-refractivity contribution in [2.75, 3.05) is 0 Å². The Labute approximate surface area is 128 Å². The average molecular weight is 313 g/mol. The molecule has 6 heteroatoms. The van der Waals surface area contributed by atoms with Crippen molar-refractivity contribution in [2.45, 2.75) is 26.3 Å². The summed E-state index contributed by atoms with van der Waals surface area (Å²) in [6.45, 7) is 3.87. The maximum Gasteiger partial charge on any atom is 0.0847 e. The lowest BCUT2D eigenvalue weighted by Crippen LogP contribution is -2.30. The summed E-state index contributed by atoms with van der Waals surface area (Å²) >= 11 is 12.5.